The number of alkyl halides is 1. The van der Waals surface area contributed by atoms with Crippen molar-refractivity contribution >= 4 is 11.8 Å². The van der Waals surface area contributed by atoms with Crippen molar-refractivity contribution in [3.8, 4) is 0 Å². The summed E-state index contributed by atoms with van der Waals surface area (Å²) in [7, 11) is 0. The number of amides is 2. The summed E-state index contributed by atoms with van der Waals surface area (Å²) in [6.45, 7) is -0.239. The van der Waals surface area contributed by atoms with E-state index in [1.54, 1.807) is 0 Å². The summed E-state index contributed by atoms with van der Waals surface area (Å²) < 4.78 is 12.4. The lowest BCUT2D eigenvalue weighted by Gasteiger charge is -2.22. The lowest BCUT2D eigenvalue weighted by molar-refractivity contribution is -0.133. The molecule has 1 unspecified atom stereocenters. The molecule has 1 atom stereocenters. The molecule has 0 aliphatic carbocycles. The fourth-order valence-corrected chi connectivity index (χ4v) is 2.21. The van der Waals surface area contributed by atoms with Crippen molar-refractivity contribution in [1.29, 1.82) is 0 Å². The van der Waals surface area contributed by atoms with Gasteiger partial charge in [-0.15, -0.1) is 0 Å². The zero-order chi connectivity index (χ0) is 13.7. The highest BCUT2D eigenvalue weighted by atomic mass is 19.1. The molecule has 19 heavy (non-hydrogen) atoms. The Bertz CT molecular complexity index is 450. The molecular formula is C14H17FN2O2. The Morgan fingerprint density at radius 2 is 2.00 bits per heavy atom. The van der Waals surface area contributed by atoms with Crippen molar-refractivity contribution in [3.05, 3.63) is 35.9 Å². The summed E-state index contributed by atoms with van der Waals surface area (Å²) in [6, 6.07) is 8.89. The molecule has 1 aliphatic heterocycles. The standard InChI is InChI=1S/C14H17FN2O2/c15-7-9-17-8-6-13(18)16-12(14(17)19)10-11-4-2-1-3-5-11/h1-5,12H,6-10H2,(H,16,18). The van der Waals surface area contributed by atoms with Gasteiger partial charge in [-0.25, -0.2) is 4.39 Å². The van der Waals surface area contributed by atoms with Crippen molar-refractivity contribution in [3.63, 3.8) is 0 Å². The summed E-state index contributed by atoms with van der Waals surface area (Å²) in [6.07, 6.45) is 0.672. The predicted molar refractivity (Wildman–Crippen MR) is 69.2 cm³/mol. The minimum Gasteiger partial charge on any atom is -0.344 e. The maximum Gasteiger partial charge on any atom is 0.245 e. The molecule has 1 saturated heterocycles. The summed E-state index contributed by atoms with van der Waals surface area (Å²) in [5.74, 6) is -0.358. The molecule has 0 bridgehead atoms. The normalized spacial score (nSPS) is 20.1. The van der Waals surface area contributed by atoms with Crippen LogP contribution in [0.4, 0.5) is 4.39 Å². The average molecular weight is 264 g/mol. The van der Waals surface area contributed by atoms with Crippen LogP contribution in [0.15, 0.2) is 30.3 Å². The fourth-order valence-electron chi connectivity index (χ4n) is 2.21. The van der Waals surface area contributed by atoms with Crippen LogP contribution in [0.3, 0.4) is 0 Å². The van der Waals surface area contributed by atoms with Gasteiger partial charge in [0.25, 0.3) is 0 Å². The first-order chi connectivity index (χ1) is 9.20. The van der Waals surface area contributed by atoms with Crippen LogP contribution in [0.25, 0.3) is 0 Å². The fraction of sp³-hybridized carbons (Fsp3) is 0.429. The Labute approximate surface area is 111 Å². The van der Waals surface area contributed by atoms with Gasteiger partial charge in [0.1, 0.15) is 12.7 Å². The molecule has 1 N–H and O–H groups in total. The molecule has 1 aliphatic rings. The topological polar surface area (TPSA) is 49.4 Å². The minimum atomic E-state index is -0.594. The molecule has 2 amide bonds. The van der Waals surface area contributed by atoms with Crippen molar-refractivity contribution in [2.45, 2.75) is 18.9 Å². The molecular weight excluding hydrogens is 247 g/mol. The minimum absolute atomic E-state index is 0.0546. The molecule has 1 aromatic carbocycles. The van der Waals surface area contributed by atoms with Crippen LogP contribution < -0.4 is 5.32 Å². The summed E-state index contributed by atoms with van der Waals surface area (Å²) in [4.78, 5) is 25.2. The summed E-state index contributed by atoms with van der Waals surface area (Å²) in [5, 5.41) is 2.71. The predicted octanol–water partition coefficient (Wildman–Crippen LogP) is 0.916. The van der Waals surface area contributed by atoms with Gasteiger partial charge >= 0.3 is 0 Å². The summed E-state index contributed by atoms with van der Waals surface area (Å²) in [5.41, 5.74) is 0.975. The van der Waals surface area contributed by atoms with E-state index in [1.165, 1.54) is 4.90 Å². The van der Waals surface area contributed by atoms with Gasteiger partial charge in [0, 0.05) is 25.9 Å². The molecule has 2 rings (SSSR count). The molecule has 0 saturated carbocycles. The zero-order valence-corrected chi connectivity index (χ0v) is 10.6. The van der Waals surface area contributed by atoms with E-state index in [-0.39, 0.29) is 24.8 Å². The van der Waals surface area contributed by atoms with Crippen LogP contribution in [-0.2, 0) is 16.0 Å². The Hall–Kier alpha value is -1.91. The van der Waals surface area contributed by atoms with Crippen molar-refractivity contribution < 1.29 is 14.0 Å². The van der Waals surface area contributed by atoms with Crippen molar-refractivity contribution in [2.24, 2.45) is 0 Å². The first-order valence-electron chi connectivity index (χ1n) is 6.38. The molecule has 1 heterocycles. The SMILES string of the molecule is O=C1CCN(CCF)C(=O)C(Cc2ccccc2)N1. The molecule has 4 nitrogen and oxygen atoms in total. The number of hydrogen-bond acceptors (Lipinski definition) is 2. The Morgan fingerprint density at radius 3 is 2.68 bits per heavy atom. The number of nitrogens with one attached hydrogen (secondary N) is 1. The van der Waals surface area contributed by atoms with Gasteiger partial charge in [-0.3, -0.25) is 9.59 Å². The van der Waals surface area contributed by atoms with Crippen LogP contribution in [0.2, 0.25) is 0 Å². The van der Waals surface area contributed by atoms with Crippen LogP contribution in [-0.4, -0.2) is 42.5 Å². The maximum absolute atomic E-state index is 12.4. The second-order valence-corrected chi connectivity index (χ2v) is 4.57. The molecule has 1 aromatic rings. The van der Waals surface area contributed by atoms with Crippen LogP contribution in [0, 0.1) is 0 Å². The van der Waals surface area contributed by atoms with Gasteiger partial charge in [-0.2, -0.15) is 0 Å². The Morgan fingerprint density at radius 1 is 1.26 bits per heavy atom. The van der Waals surface area contributed by atoms with Gasteiger partial charge in [0.05, 0.1) is 0 Å². The molecule has 0 aromatic heterocycles. The maximum atomic E-state index is 12.4. The van der Waals surface area contributed by atoms with Gasteiger partial charge < -0.3 is 10.2 Å². The van der Waals surface area contributed by atoms with E-state index in [0.29, 0.717) is 13.0 Å². The highest BCUT2D eigenvalue weighted by Gasteiger charge is 2.29. The molecule has 0 radical (unpaired) electrons. The number of rotatable bonds is 4. The number of halogens is 1. The second kappa shape index (κ2) is 6.31. The summed E-state index contributed by atoms with van der Waals surface area (Å²) >= 11 is 0. The largest absolute Gasteiger partial charge is 0.344 e. The highest BCUT2D eigenvalue weighted by molar-refractivity contribution is 5.90. The average Bonchev–Trinajstić information content (AvgIpc) is 2.54. The smallest absolute Gasteiger partial charge is 0.245 e. The number of nitrogens with zero attached hydrogens (tertiary/aromatic N) is 1. The van der Waals surface area contributed by atoms with E-state index in [1.807, 2.05) is 30.3 Å². The van der Waals surface area contributed by atoms with Gasteiger partial charge in [-0.05, 0) is 5.56 Å². The molecule has 102 valence electrons. The van der Waals surface area contributed by atoms with E-state index in [0.717, 1.165) is 5.56 Å². The Kier molecular flexibility index (Phi) is 4.49. The third kappa shape index (κ3) is 3.53. The number of carbonyl (C=O) groups excluding carboxylic acids is 2. The second-order valence-electron chi connectivity index (χ2n) is 4.57. The van der Waals surface area contributed by atoms with Gasteiger partial charge in [0.2, 0.25) is 11.8 Å². The molecule has 0 spiro atoms. The number of hydrogen-bond donors (Lipinski definition) is 1. The quantitative estimate of drug-likeness (QED) is 0.879. The first kappa shape index (κ1) is 13.5. The van der Waals surface area contributed by atoms with Gasteiger partial charge in [0.15, 0.2) is 0 Å². The van der Waals surface area contributed by atoms with Crippen LogP contribution in [0.5, 0.6) is 0 Å². The lowest BCUT2D eigenvalue weighted by Crippen LogP contribution is -2.46. The van der Waals surface area contributed by atoms with Crippen LogP contribution >= 0.6 is 0 Å². The van der Waals surface area contributed by atoms with E-state index >= 15 is 0 Å². The van der Waals surface area contributed by atoms with Crippen molar-refractivity contribution in [2.75, 3.05) is 19.8 Å². The molecule has 1 fully saturated rings. The Balaban J connectivity index is 2.11. The number of benzene rings is 1. The van der Waals surface area contributed by atoms with E-state index < -0.39 is 12.7 Å². The van der Waals surface area contributed by atoms with Crippen LogP contribution in [0.1, 0.15) is 12.0 Å². The van der Waals surface area contributed by atoms with E-state index in [2.05, 4.69) is 5.32 Å². The van der Waals surface area contributed by atoms with E-state index in [4.69, 9.17) is 0 Å². The lowest BCUT2D eigenvalue weighted by atomic mass is 10.1. The monoisotopic (exact) mass is 264 g/mol. The molecule has 5 heteroatoms. The third-order valence-corrected chi connectivity index (χ3v) is 3.19. The van der Waals surface area contributed by atoms with Crippen molar-refractivity contribution in [1.82, 2.24) is 10.2 Å². The van der Waals surface area contributed by atoms with Gasteiger partial charge in [-0.1, -0.05) is 30.3 Å². The third-order valence-electron chi connectivity index (χ3n) is 3.19. The first-order valence-corrected chi connectivity index (χ1v) is 6.38. The van der Waals surface area contributed by atoms with E-state index in [9.17, 15) is 14.0 Å². The highest BCUT2D eigenvalue weighted by Crippen LogP contribution is 2.09. The number of carbonyl (C=O) groups is 2. The zero-order valence-electron chi connectivity index (χ0n) is 10.6.